The Labute approximate surface area is 174 Å². The summed E-state index contributed by atoms with van der Waals surface area (Å²) in [6.07, 6.45) is 10.5. The lowest BCUT2D eigenvalue weighted by Crippen LogP contribution is -2.34. The van der Waals surface area contributed by atoms with Crippen LogP contribution in [0.5, 0.6) is 5.75 Å². The largest absolute Gasteiger partial charge is 0.491 e. The van der Waals surface area contributed by atoms with Crippen LogP contribution in [0.25, 0.3) is 0 Å². The van der Waals surface area contributed by atoms with Crippen LogP contribution in [0, 0.1) is 5.92 Å². The van der Waals surface area contributed by atoms with Gasteiger partial charge in [-0.1, -0.05) is 31.4 Å². The van der Waals surface area contributed by atoms with Crippen LogP contribution in [-0.4, -0.2) is 47.9 Å². The van der Waals surface area contributed by atoms with E-state index >= 15 is 0 Å². The van der Waals surface area contributed by atoms with E-state index in [0.717, 1.165) is 49.2 Å². The van der Waals surface area contributed by atoms with E-state index in [1.807, 2.05) is 15.9 Å². The molecule has 0 spiro atoms. The Morgan fingerprint density at radius 2 is 1.72 bits per heavy atom. The third-order valence-electron chi connectivity index (χ3n) is 6.73. The predicted octanol–water partition coefficient (Wildman–Crippen LogP) is 3.93. The fourth-order valence-corrected chi connectivity index (χ4v) is 4.96. The monoisotopic (exact) mass is 398 g/mol. The molecule has 1 aliphatic carbocycles. The first-order valence-electron chi connectivity index (χ1n) is 11.5. The molecule has 0 unspecified atom stereocenters. The summed E-state index contributed by atoms with van der Waals surface area (Å²) < 4.78 is 5.91. The van der Waals surface area contributed by atoms with Crippen molar-refractivity contribution < 1.29 is 14.3 Å². The maximum atomic E-state index is 12.9. The minimum Gasteiger partial charge on any atom is -0.491 e. The van der Waals surface area contributed by atoms with Crippen LogP contribution < -0.4 is 4.74 Å². The van der Waals surface area contributed by atoms with Crippen LogP contribution in [0.15, 0.2) is 18.2 Å². The maximum absolute atomic E-state index is 12.9. The Morgan fingerprint density at radius 3 is 2.52 bits per heavy atom. The molecule has 2 aliphatic heterocycles. The molecule has 0 radical (unpaired) electrons. The zero-order valence-electron chi connectivity index (χ0n) is 17.5. The van der Waals surface area contributed by atoms with Gasteiger partial charge in [0.1, 0.15) is 12.4 Å². The lowest BCUT2D eigenvalue weighted by Gasteiger charge is -2.25. The molecular weight excluding hydrogens is 364 g/mol. The van der Waals surface area contributed by atoms with Crippen molar-refractivity contribution in [2.24, 2.45) is 5.92 Å². The van der Waals surface area contributed by atoms with E-state index in [-0.39, 0.29) is 11.8 Å². The number of carbonyl (C=O) groups excluding carboxylic acids is 2. The third-order valence-corrected chi connectivity index (χ3v) is 6.73. The molecule has 1 saturated heterocycles. The van der Waals surface area contributed by atoms with E-state index < -0.39 is 0 Å². The number of ether oxygens (including phenoxy) is 1. The molecule has 3 aliphatic rings. The van der Waals surface area contributed by atoms with Gasteiger partial charge in [0.15, 0.2) is 0 Å². The molecule has 29 heavy (non-hydrogen) atoms. The summed E-state index contributed by atoms with van der Waals surface area (Å²) in [6.45, 7) is 3.65. The molecule has 2 fully saturated rings. The fourth-order valence-electron chi connectivity index (χ4n) is 4.96. The molecule has 1 saturated carbocycles. The van der Waals surface area contributed by atoms with Crippen molar-refractivity contribution in [1.29, 1.82) is 0 Å². The van der Waals surface area contributed by atoms with Gasteiger partial charge in [0.25, 0.3) is 0 Å². The molecule has 0 aromatic heterocycles. The minimum absolute atomic E-state index is 0.262. The van der Waals surface area contributed by atoms with Gasteiger partial charge >= 0.3 is 0 Å². The van der Waals surface area contributed by atoms with Gasteiger partial charge in [-0.15, -0.1) is 0 Å². The maximum Gasteiger partial charge on any atom is 0.223 e. The number of rotatable bonds is 5. The molecule has 2 amide bonds. The average molecular weight is 399 g/mol. The van der Waals surface area contributed by atoms with Crippen molar-refractivity contribution in [3.05, 3.63) is 29.3 Å². The number of hydrogen-bond acceptors (Lipinski definition) is 3. The number of carbonyl (C=O) groups is 2. The zero-order chi connectivity index (χ0) is 20.1. The van der Waals surface area contributed by atoms with Gasteiger partial charge < -0.3 is 14.5 Å². The third kappa shape index (κ3) is 5.31. The van der Waals surface area contributed by atoms with Crippen LogP contribution in [0.1, 0.15) is 68.9 Å². The normalized spacial score (nSPS) is 20.1. The van der Waals surface area contributed by atoms with E-state index in [2.05, 4.69) is 12.1 Å². The number of fused-ring (bicyclic) bond motifs is 1. The van der Waals surface area contributed by atoms with E-state index in [4.69, 9.17) is 4.74 Å². The first kappa shape index (κ1) is 20.2. The molecule has 4 rings (SSSR count). The van der Waals surface area contributed by atoms with Crippen molar-refractivity contribution >= 4 is 11.8 Å². The van der Waals surface area contributed by atoms with Crippen LogP contribution >= 0.6 is 0 Å². The topological polar surface area (TPSA) is 49.9 Å². The summed E-state index contributed by atoms with van der Waals surface area (Å²) in [5, 5.41) is 0. The molecule has 0 bridgehead atoms. The summed E-state index contributed by atoms with van der Waals surface area (Å²) in [4.78, 5) is 29.2. The van der Waals surface area contributed by atoms with Crippen LogP contribution in [0.2, 0.25) is 0 Å². The second-order valence-corrected chi connectivity index (χ2v) is 8.90. The van der Waals surface area contributed by atoms with Crippen LogP contribution in [0.4, 0.5) is 0 Å². The van der Waals surface area contributed by atoms with Gasteiger partial charge in [-0.2, -0.15) is 0 Å². The van der Waals surface area contributed by atoms with Gasteiger partial charge in [0, 0.05) is 38.0 Å². The van der Waals surface area contributed by atoms with Crippen LogP contribution in [-0.2, 0) is 22.6 Å². The average Bonchev–Trinajstić information content (AvgIpc) is 3.19. The molecule has 5 nitrogen and oxygen atoms in total. The van der Waals surface area contributed by atoms with E-state index in [0.29, 0.717) is 38.5 Å². The Kier molecular flexibility index (Phi) is 6.73. The highest BCUT2D eigenvalue weighted by Crippen LogP contribution is 2.29. The van der Waals surface area contributed by atoms with Gasteiger partial charge in [0.05, 0.1) is 6.54 Å². The molecule has 158 valence electrons. The molecule has 2 heterocycles. The quantitative estimate of drug-likeness (QED) is 0.755. The molecular formula is C24H34N2O3. The Hall–Kier alpha value is -2.04. The Balaban J connectivity index is 1.36. The minimum atomic E-state index is 0.262. The summed E-state index contributed by atoms with van der Waals surface area (Å²) in [6, 6.07) is 6.22. The molecule has 1 aromatic rings. The van der Waals surface area contributed by atoms with Crippen LogP contribution in [0.3, 0.4) is 0 Å². The summed E-state index contributed by atoms with van der Waals surface area (Å²) >= 11 is 0. The lowest BCUT2D eigenvalue weighted by molar-refractivity contribution is -0.133. The predicted molar refractivity (Wildman–Crippen MR) is 113 cm³/mol. The van der Waals surface area contributed by atoms with Gasteiger partial charge in [-0.05, 0) is 49.7 Å². The van der Waals surface area contributed by atoms with E-state index in [9.17, 15) is 9.59 Å². The van der Waals surface area contributed by atoms with Crippen molar-refractivity contribution in [3.63, 3.8) is 0 Å². The SMILES string of the molecule is O=C(CCc1ccc2c(c1)CN(C(=O)CC1CCCCC1)CCO2)N1CCCC1. The van der Waals surface area contributed by atoms with Crippen molar-refractivity contribution in [3.8, 4) is 5.75 Å². The number of likely N-dealkylation sites (tertiary alicyclic amines) is 1. The molecule has 5 heteroatoms. The second kappa shape index (κ2) is 9.64. The second-order valence-electron chi connectivity index (χ2n) is 8.90. The van der Waals surface area contributed by atoms with Gasteiger partial charge in [-0.3, -0.25) is 9.59 Å². The zero-order valence-corrected chi connectivity index (χ0v) is 17.5. The number of aryl methyl sites for hydroxylation is 1. The summed E-state index contributed by atoms with van der Waals surface area (Å²) in [7, 11) is 0. The number of nitrogens with zero attached hydrogens (tertiary/aromatic N) is 2. The lowest BCUT2D eigenvalue weighted by atomic mass is 9.86. The van der Waals surface area contributed by atoms with E-state index in [1.54, 1.807) is 0 Å². The number of benzene rings is 1. The standard InChI is InChI=1S/C24H34N2O3/c27-23(25-12-4-5-13-25)11-9-20-8-10-22-21(16-20)18-26(14-15-29-22)24(28)17-19-6-2-1-3-7-19/h8,10,16,19H,1-7,9,11-15,17-18H2. The fraction of sp³-hybridized carbons (Fsp3) is 0.667. The first-order valence-corrected chi connectivity index (χ1v) is 11.5. The van der Waals surface area contributed by atoms with Crippen molar-refractivity contribution in [2.45, 2.75) is 70.8 Å². The van der Waals surface area contributed by atoms with Gasteiger partial charge in [0.2, 0.25) is 11.8 Å². The van der Waals surface area contributed by atoms with E-state index in [1.165, 1.54) is 32.1 Å². The summed E-state index contributed by atoms with van der Waals surface area (Å²) in [5.74, 6) is 1.97. The molecule has 0 atom stereocenters. The molecule has 1 aromatic carbocycles. The Bertz CT molecular complexity index is 721. The highest BCUT2D eigenvalue weighted by Gasteiger charge is 2.24. The first-order chi connectivity index (χ1) is 14.2. The van der Waals surface area contributed by atoms with Crippen molar-refractivity contribution in [1.82, 2.24) is 9.80 Å². The van der Waals surface area contributed by atoms with Crippen molar-refractivity contribution in [2.75, 3.05) is 26.2 Å². The summed E-state index contributed by atoms with van der Waals surface area (Å²) in [5.41, 5.74) is 2.23. The van der Waals surface area contributed by atoms with Gasteiger partial charge in [-0.25, -0.2) is 0 Å². The number of hydrogen-bond donors (Lipinski definition) is 0. The highest BCUT2D eigenvalue weighted by atomic mass is 16.5. The molecule has 0 N–H and O–H groups in total. The smallest absolute Gasteiger partial charge is 0.223 e. The number of amides is 2. The Morgan fingerprint density at radius 1 is 0.931 bits per heavy atom. The highest BCUT2D eigenvalue weighted by molar-refractivity contribution is 5.77.